The van der Waals surface area contributed by atoms with E-state index in [0.29, 0.717) is 23.7 Å². The summed E-state index contributed by atoms with van der Waals surface area (Å²) in [6.07, 6.45) is 0. The van der Waals surface area contributed by atoms with Crippen LogP contribution in [-0.4, -0.2) is 24.5 Å². The zero-order valence-corrected chi connectivity index (χ0v) is 16.6. The van der Waals surface area contributed by atoms with Crippen LogP contribution in [0.25, 0.3) is 5.69 Å². The zero-order valence-electron chi connectivity index (χ0n) is 16.6. The number of fused-ring (bicyclic) bond motifs is 1. The number of rotatable bonds is 5. The van der Waals surface area contributed by atoms with Crippen LogP contribution in [0.4, 0.5) is 10.5 Å². The standard InChI is InChI=1S/C22H23N3O4/c1-14-10-16(15(2)25(14)18-6-4-5-7-19(18)27-3)12-23-22(26)24-17-8-9-20-21(11-17)29-13-28-20/h4-11H,12-13H2,1-3H3,(H2,23,24,26). The molecule has 0 saturated heterocycles. The Bertz CT molecular complexity index is 1060. The number of carbonyl (C=O) groups excluding carboxylic acids is 1. The number of methoxy groups -OCH3 is 1. The van der Waals surface area contributed by atoms with Crippen molar-refractivity contribution in [3.05, 3.63) is 65.5 Å². The average Bonchev–Trinajstić information content (AvgIpc) is 3.29. The topological polar surface area (TPSA) is 73.8 Å². The van der Waals surface area contributed by atoms with Crippen LogP contribution in [0.2, 0.25) is 0 Å². The van der Waals surface area contributed by atoms with Crippen LogP contribution in [0.15, 0.2) is 48.5 Å². The molecule has 7 heteroatoms. The largest absolute Gasteiger partial charge is 0.495 e. The number of aromatic nitrogens is 1. The van der Waals surface area contributed by atoms with Gasteiger partial charge in [0, 0.05) is 29.7 Å². The molecular weight excluding hydrogens is 370 g/mol. The van der Waals surface area contributed by atoms with Gasteiger partial charge in [-0.1, -0.05) is 12.1 Å². The van der Waals surface area contributed by atoms with Crippen molar-refractivity contribution < 1.29 is 19.0 Å². The first kappa shape index (κ1) is 18.7. The summed E-state index contributed by atoms with van der Waals surface area (Å²) in [7, 11) is 1.66. The highest BCUT2D eigenvalue weighted by Gasteiger charge is 2.16. The molecule has 150 valence electrons. The van der Waals surface area contributed by atoms with Crippen molar-refractivity contribution >= 4 is 11.7 Å². The minimum Gasteiger partial charge on any atom is -0.495 e. The van der Waals surface area contributed by atoms with Crippen LogP contribution in [-0.2, 0) is 6.54 Å². The predicted molar refractivity (Wildman–Crippen MR) is 110 cm³/mol. The summed E-state index contributed by atoms with van der Waals surface area (Å²) in [6, 6.07) is 15.0. The Morgan fingerprint density at radius 2 is 1.90 bits per heavy atom. The van der Waals surface area contributed by atoms with Crippen molar-refractivity contribution in [3.63, 3.8) is 0 Å². The Morgan fingerprint density at radius 3 is 2.72 bits per heavy atom. The second kappa shape index (κ2) is 7.79. The van der Waals surface area contributed by atoms with E-state index in [1.54, 1.807) is 25.3 Å². The van der Waals surface area contributed by atoms with Gasteiger partial charge in [0.25, 0.3) is 0 Å². The van der Waals surface area contributed by atoms with Gasteiger partial charge < -0.3 is 29.4 Å². The van der Waals surface area contributed by atoms with E-state index in [2.05, 4.69) is 21.3 Å². The molecule has 1 aliphatic heterocycles. The Hall–Kier alpha value is -3.61. The Kier molecular flexibility index (Phi) is 5.03. The number of nitrogens with zero attached hydrogens (tertiary/aromatic N) is 1. The highest BCUT2D eigenvalue weighted by molar-refractivity contribution is 5.89. The van der Waals surface area contributed by atoms with Gasteiger partial charge in [-0.3, -0.25) is 0 Å². The lowest BCUT2D eigenvalue weighted by Gasteiger charge is -2.14. The number of hydrogen-bond acceptors (Lipinski definition) is 4. The third kappa shape index (κ3) is 3.71. The average molecular weight is 393 g/mol. The first-order valence-corrected chi connectivity index (χ1v) is 9.32. The SMILES string of the molecule is COc1ccccc1-n1c(C)cc(CNC(=O)Nc2ccc3c(c2)OCO3)c1C. The number of carbonyl (C=O) groups is 1. The van der Waals surface area contributed by atoms with E-state index < -0.39 is 0 Å². The fourth-order valence-corrected chi connectivity index (χ4v) is 3.52. The summed E-state index contributed by atoms with van der Waals surface area (Å²) in [5, 5.41) is 5.73. The van der Waals surface area contributed by atoms with Crippen LogP contribution in [0.3, 0.4) is 0 Å². The molecule has 0 atom stereocenters. The molecule has 2 N–H and O–H groups in total. The first-order valence-electron chi connectivity index (χ1n) is 9.32. The van der Waals surface area contributed by atoms with E-state index in [9.17, 15) is 4.79 Å². The van der Waals surface area contributed by atoms with Gasteiger partial charge in [0.05, 0.1) is 12.8 Å². The number of nitrogens with one attached hydrogen (secondary N) is 2. The third-order valence-electron chi connectivity index (χ3n) is 4.93. The number of benzene rings is 2. The van der Waals surface area contributed by atoms with Crippen LogP contribution >= 0.6 is 0 Å². The first-order chi connectivity index (χ1) is 14.1. The number of aryl methyl sites for hydroxylation is 1. The maximum Gasteiger partial charge on any atom is 0.319 e. The van der Waals surface area contributed by atoms with Gasteiger partial charge in [0.1, 0.15) is 5.75 Å². The molecule has 0 unspecified atom stereocenters. The molecule has 1 aliphatic rings. The van der Waals surface area contributed by atoms with Crippen LogP contribution in [0, 0.1) is 13.8 Å². The highest BCUT2D eigenvalue weighted by Crippen LogP contribution is 2.34. The molecule has 4 rings (SSSR count). The van der Waals surface area contributed by atoms with Gasteiger partial charge in [-0.25, -0.2) is 4.79 Å². The highest BCUT2D eigenvalue weighted by atomic mass is 16.7. The summed E-state index contributed by atoms with van der Waals surface area (Å²) < 4.78 is 18.2. The van der Waals surface area contributed by atoms with Gasteiger partial charge in [0.15, 0.2) is 11.5 Å². The van der Waals surface area contributed by atoms with Crippen molar-refractivity contribution in [3.8, 4) is 22.9 Å². The maximum absolute atomic E-state index is 12.3. The molecule has 2 aromatic carbocycles. The molecular formula is C22H23N3O4. The Balaban J connectivity index is 1.46. The minimum absolute atomic E-state index is 0.201. The third-order valence-corrected chi connectivity index (χ3v) is 4.93. The number of amides is 2. The number of anilines is 1. The van der Waals surface area contributed by atoms with Gasteiger partial charge in [-0.15, -0.1) is 0 Å². The van der Waals surface area contributed by atoms with Crippen molar-refractivity contribution in [2.24, 2.45) is 0 Å². The van der Waals surface area contributed by atoms with Crippen molar-refractivity contribution in [2.45, 2.75) is 20.4 Å². The lowest BCUT2D eigenvalue weighted by molar-refractivity contribution is 0.174. The lowest BCUT2D eigenvalue weighted by Crippen LogP contribution is -2.28. The summed E-state index contributed by atoms with van der Waals surface area (Å²) in [6.45, 7) is 4.68. The van der Waals surface area contributed by atoms with Crippen LogP contribution < -0.4 is 24.8 Å². The lowest BCUT2D eigenvalue weighted by atomic mass is 10.2. The fraction of sp³-hybridized carbons (Fsp3) is 0.227. The molecule has 2 amide bonds. The summed E-state index contributed by atoms with van der Waals surface area (Å²) >= 11 is 0. The van der Waals surface area contributed by atoms with Gasteiger partial charge in [-0.2, -0.15) is 0 Å². The van der Waals surface area contributed by atoms with Crippen molar-refractivity contribution in [1.82, 2.24) is 9.88 Å². The van der Waals surface area contributed by atoms with E-state index in [4.69, 9.17) is 14.2 Å². The van der Waals surface area contributed by atoms with Crippen molar-refractivity contribution in [1.29, 1.82) is 0 Å². The second-order valence-corrected chi connectivity index (χ2v) is 6.78. The molecule has 29 heavy (non-hydrogen) atoms. The van der Waals surface area contributed by atoms with E-state index in [1.165, 1.54) is 0 Å². The molecule has 0 radical (unpaired) electrons. The molecule has 0 spiro atoms. The van der Waals surface area contributed by atoms with E-state index in [1.807, 2.05) is 38.1 Å². The number of ether oxygens (including phenoxy) is 3. The van der Waals surface area contributed by atoms with E-state index in [-0.39, 0.29) is 12.8 Å². The predicted octanol–water partition coefficient (Wildman–Crippen LogP) is 4.15. The van der Waals surface area contributed by atoms with Gasteiger partial charge >= 0.3 is 6.03 Å². The monoisotopic (exact) mass is 393 g/mol. The minimum atomic E-state index is -0.286. The van der Waals surface area contributed by atoms with Gasteiger partial charge in [-0.05, 0) is 49.7 Å². The van der Waals surface area contributed by atoms with Gasteiger partial charge in [0.2, 0.25) is 6.79 Å². The smallest absolute Gasteiger partial charge is 0.319 e. The number of para-hydroxylation sites is 2. The normalized spacial score (nSPS) is 12.0. The quantitative estimate of drug-likeness (QED) is 0.683. The maximum atomic E-state index is 12.3. The molecule has 3 aromatic rings. The molecule has 0 fully saturated rings. The second-order valence-electron chi connectivity index (χ2n) is 6.78. The van der Waals surface area contributed by atoms with Crippen molar-refractivity contribution in [2.75, 3.05) is 19.2 Å². The van der Waals surface area contributed by atoms with E-state index in [0.717, 1.165) is 28.4 Å². The molecule has 7 nitrogen and oxygen atoms in total. The summed E-state index contributed by atoms with van der Waals surface area (Å²) in [4.78, 5) is 12.3. The molecule has 0 aliphatic carbocycles. The van der Waals surface area contributed by atoms with Crippen LogP contribution in [0.1, 0.15) is 17.0 Å². The number of hydrogen-bond donors (Lipinski definition) is 2. The molecule has 2 heterocycles. The van der Waals surface area contributed by atoms with E-state index >= 15 is 0 Å². The molecule has 0 saturated carbocycles. The molecule has 0 bridgehead atoms. The zero-order chi connectivity index (χ0) is 20.4. The molecule has 1 aromatic heterocycles. The Morgan fingerprint density at radius 1 is 1.10 bits per heavy atom. The summed E-state index contributed by atoms with van der Waals surface area (Å²) in [5.41, 5.74) is 4.77. The number of urea groups is 1. The fourth-order valence-electron chi connectivity index (χ4n) is 3.52. The Labute approximate surface area is 169 Å². The summed E-state index contributed by atoms with van der Waals surface area (Å²) in [5.74, 6) is 2.11. The van der Waals surface area contributed by atoms with Crippen LogP contribution in [0.5, 0.6) is 17.2 Å².